The second-order valence-corrected chi connectivity index (χ2v) is 7.09. The van der Waals surface area contributed by atoms with E-state index in [0.29, 0.717) is 17.8 Å². The standard InChI is InChI=1S/C18H20N2O2S/c1-5-6-14-16(17(21)22)20-15(12(4)23-18(20)19-14)13-8-7-10(2)9-11(13)3/h7-9H,5-6H2,1-4H3,(H,21,22). The van der Waals surface area contributed by atoms with Crippen LogP contribution in [0.15, 0.2) is 18.2 Å². The summed E-state index contributed by atoms with van der Waals surface area (Å²) >= 11 is 1.55. The van der Waals surface area contributed by atoms with Crippen LogP contribution >= 0.6 is 11.3 Å². The van der Waals surface area contributed by atoms with Gasteiger partial charge < -0.3 is 5.11 Å². The Morgan fingerprint density at radius 2 is 2.04 bits per heavy atom. The van der Waals surface area contributed by atoms with E-state index in [0.717, 1.165) is 33.1 Å². The molecule has 0 bridgehead atoms. The first kappa shape index (κ1) is 15.7. The molecule has 1 N–H and O–H groups in total. The Labute approximate surface area is 139 Å². The molecular weight excluding hydrogens is 308 g/mol. The number of hydrogen-bond acceptors (Lipinski definition) is 3. The molecule has 0 saturated carbocycles. The maximum Gasteiger partial charge on any atom is 0.354 e. The van der Waals surface area contributed by atoms with Crippen molar-refractivity contribution in [2.75, 3.05) is 0 Å². The van der Waals surface area contributed by atoms with Gasteiger partial charge in [0.15, 0.2) is 10.7 Å². The number of benzene rings is 1. The van der Waals surface area contributed by atoms with E-state index in [2.05, 4.69) is 37.0 Å². The monoisotopic (exact) mass is 328 g/mol. The van der Waals surface area contributed by atoms with Crippen molar-refractivity contribution in [1.29, 1.82) is 0 Å². The summed E-state index contributed by atoms with van der Waals surface area (Å²) in [4.78, 5) is 18.3. The molecule has 0 fully saturated rings. The smallest absolute Gasteiger partial charge is 0.354 e. The van der Waals surface area contributed by atoms with Gasteiger partial charge in [0.25, 0.3) is 0 Å². The van der Waals surface area contributed by atoms with E-state index in [9.17, 15) is 9.90 Å². The highest BCUT2D eigenvalue weighted by Gasteiger charge is 2.24. The van der Waals surface area contributed by atoms with Gasteiger partial charge in [-0.25, -0.2) is 9.78 Å². The Morgan fingerprint density at radius 3 is 2.65 bits per heavy atom. The number of aromatic nitrogens is 2. The van der Waals surface area contributed by atoms with Crippen LogP contribution in [0.3, 0.4) is 0 Å². The third-order valence-electron chi connectivity index (χ3n) is 4.05. The molecule has 2 aromatic heterocycles. The predicted octanol–water partition coefficient (Wildman–Crippen LogP) is 4.64. The van der Waals surface area contributed by atoms with Crippen molar-refractivity contribution in [2.24, 2.45) is 0 Å². The van der Waals surface area contributed by atoms with Gasteiger partial charge in [-0.05, 0) is 32.8 Å². The maximum absolute atomic E-state index is 11.8. The highest BCUT2D eigenvalue weighted by atomic mass is 32.1. The van der Waals surface area contributed by atoms with Crippen molar-refractivity contribution in [3.63, 3.8) is 0 Å². The quantitative estimate of drug-likeness (QED) is 0.759. The van der Waals surface area contributed by atoms with E-state index in [-0.39, 0.29) is 0 Å². The second-order valence-electron chi connectivity index (χ2n) is 5.91. The Hall–Kier alpha value is -2.14. The molecule has 0 amide bonds. The van der Waals surface area contributed by atoms with E-state index in [4.69, 9.17) is 0 Å². The van der Waals surface area contributed by atoms with Crippen molar-refractivity contribution < 1.29 is 9.90 Å². The molecule has 2 heterocycles. The molecule has 0 aliphatic carbocycles. The second kappa shape index (κ2) is 5.81. The number of rotatable bonds is 4. The number of aromatic carboxylic acids is 1. The largest absolute Gasteiger partial charge is 0.477 e. The van der Waals surface area contributed by atoms with Crippen molar-refractivity contribution in [1.82, 2.24) is 9.38 Å². The van der Waals surface area contributed by atoms with Gasteiger partial charge in [0.2, 0.25) is 0 Å². The summed E-state index contributed by atoms with van der Waals surface area (Å²) in [5.41, 5.74) is 5.36. The average Bonchev–Trinajstić information content (AvgIpc) is 2.94. The molecule has 0 aliphatic heterocycles. The third kappa shape index (κ3) is 2.55. The fourth-order valence-corrected chi connectivity index (χ4v) is 4.08. The first-order valence-corrected chi connectivity index (χ1v) is 8.57. The summed E-state index contributed by atoms with van der Waals surface area (Å²) in [5, 5.41) is 9.72. The van der Waals surface area contributed by atoms with Crippen molar-refractivity contribution in [3.8, 4) is 11.3 Å². The Kier molecular flexibility index (Phi) is 3.98. The molecule has 0 radical (unpaired) electrons. The number of thiazole rings is 1. The topological polar surface area (TPSA) is 54.6 Å². The number of fused-ring (bicyclic) bond motifs is 1. The molecule has 3 rings (SSSR count). The lowest BCUT2D eigenvalue weighted by Crippen LogP contribution is -2.07. The van der Waals surface area contributed by atoms with Crippen LogP contribution in [0.25, 0.3) is 16.2 Å². The number of imidazole rings is 1. The Morgan fingerprint density at radius 1 is 1.30 bits per heavy atom. The molecule has 3 aromatic rings. The lowest BCUT2D eigenvalue weighted by atomic mass is 10.0. The van der Waals surface area contributed by atoms with Gasteiger partial charge in [-0.15, -0.1) is 11.3 Å². The van der Waals surface area contributed by atoms with Crippen molar-refractivity contribution in [2.45, 2.75) is 40.5 Å². The normalized spacial score (nSPS) is 11.3. The lowest BCUT2D eigenvalue weighted by molar-refractivity contribution is 0.0688. The van der Waals surface area contributed by atoms with Gasteiger partial charge in [0.05, 0.1) is 11.4 Å². The molecule has 120 valence electrons. The number of carbonyl (C=O) groups is 1. The zero-order chi connectivity index (χ0) is 16.7. The van der Waals surface area contributed by atoms with E-state index in [1.165, 1.54) is 5.56 Å². The molecule has 0 atom stereocenters. The van der Waals surface area contributed by atoms with Gasteiger partial charge >= 0.3 is 5.97 Å². The van der Waals surface area contributed by atoms with Crippen molar-refractivity contribution >= 4 is 22.3 Å². The van der Waals surface area contributed by atoms with E-state index in [1.54, 1.807) is 11.3 Å². The number of hydrogen-bond donors (Lipinski definition) is 1. The van der Waals surface area contributed by atoms with Gasteiger partial charge in [-0.3, -0.25) is 4.40 Å². The minimum Gasteiger partial charge on any atom is -0.477 e. The van der Waals surface area contributed by atoms with Gasteiger partial charge in [-0.2, -0.15) is 0 Å². The number of nitrogens with zero attached hydrogens (tertiary/aromatic N) is 2. The predicted molar refractivity (Wildman–Crippen MR) is 93.7 cm³/mol. The average molecular weight is 328 g/mol. The van der Waals surface area contributed by atoms with E-state index < -0.39 is 5.97 Å². The first-order valence-electron chi connectivity index (χ1n) is 7.75. The fraction of sp³-hybridized carbons (Fsp3) is 0.333. The van der Waals surface area contributed by atoms with Crippen LogP contribution in [0.1, 0.15) is 45.5 Å². The van der Waals surface area contributed by atoms with Gasteiger partial charge in [-0.1, -0.05) is 37.1 Å². The molecule has 1 aromatic carbocycles. The summed E-state index contributed by atoms with van der Waals surface area (Å²) in [7, 11) is 0. The highest BCUT2D eigenvalue weighted by Crippen LogP contribution is 2.35. The van der Waals surface area contributed by atoms with Crippen LogP contribution in [-0.2, 0) is 6.42 Å². The minimum atomic E-state index is -0.912. The third-order valence-corrected chi connectivity index (χ3v) is 5.00. The SMILES string of the molecule is CCCc1nc2sc(C)c(-c3ccc(C)cc3C)n2c1C(=O)O. The fourth-order valence-electron chi connectivity index (χ4n) is 3.08. The van der Waals surface area contributed by atoms with Crippen LogP contribution in [0, 0.1) is 20.8 Å². The number of carboxylic acids is 1. The number of carboxylic acid groups (broad SMARTS) is 1. The molecule has 0 unspecified atom stereocenters. The summed E-state index contributed by atoms with van der Waals surface area (Å²) in [6, 6.07) is 6.27. The Balaban J connectivity index is 2.36. The molecule has 23 heavy (non-hydrogen) atoms. The molecule has 0 saturated heterocycles. The van der Waals surface area contributed by atoms with E-state index >= 15 is 0 Å². The number of aryl methyl sites for hydroxylation is 4. The maximum atomic E-state index is 11.8. The zero-order valence-corrected chi connectivity index (χ0v) is 14.6. The van der Waals surface area contributed by atoms with Gasteiger partial charge in [0, 0.05) is 10.4 Å². The van der Waals surface area contributed by atoms with Crippen LogP contribution in [-0.4, -0.2) is 20.5 Å². The van der Waals surface area contributed by atoms with E-state index in [1.807, 2.05) is 18.2 Å². The summed E-state index contributed by atoms with van der Waals surface area (Å²) in [6.07, 6.45) is 1.56. The van der Waals surface area contributed by atoms with Crippen LogP contribution in [0.4, 0.5) is 0 Å². The van der Waals surface area contributed by atoms with Crippen LogP contribution < -0.4 is 0 Å². The molecule has 4 nitrogen and oxygen atoms in total. The summed E-state index contributed by atoms with van der Waals surface area (Å²) < 4.78 is 1.82. The minimum absolute atomic E-state index is 0.307. The van der Waals surface area contributed by atoms with Crippen LogP contribution in [0.2, 0.25) is 0 Å². The molecule has 0 spiro atoms. The van der Waals surface area contributed by atoms with Crippen molar-refractivity contribution in [3.05, 3.63) is 45.6 Å². The molecule has 0 aliphatic rings. The van der Waals surface area contributed by atoms with Gasteiger partial charge in [0.1, 0.15) is 0 Å². The highest BCUT2D eigenvalue weighted by molar-refractivity contribution is 7.17. The summed E-state index contributed by atoms with van der Waals surface area (Å²) in [5.74, 6) is -0.912. The summed E-state index contributed by atoms with van der Waals surface area (Å²) in [6.45, 7) is 8.19. The Bertz CT molecular complexity index is 906. The zero-order valence-electron chi connectivity index (χ0n) is 13.8. The molecule has 5 heteroatoms. The molecular formula is C18H20N2O2S. The first-order chi connectivity index (χ1) is 10.9. The van der Waals surface area contributed by atoms with Crippen LogP contribution in [0.5, 0.6) is 0 Å². The lowest BCUT2D eigenvalue weighted by Gasteiger charge is -2.09.